The summed E-state index contributed by atoms with van der Waals surface area (Å²) >= 11 is 0. The number of nitro benzene ring substituents is 1. The van der Waals surface area contributed by atoms with Gasteiger partial charge in [-0.3, -0.25) is 10.1 Å². The van der Waals surface area contributed by atoms with E-state index >= 15 is 0 Å². The third-order valence-corrected chi connectivity index (χ3v) is 2.89. The molecule has 1 N–H and O–H groups in total. The van der Waals surface area contributed by atoms with Gasteiger partial charge in [-0.25, -0.2) is 4.39 Å². The summed E-state index contributed by atoms with van der Waals surface area (Å²) in [7, 11) is 0. The first-order valence-electron chi connectivity index (χ1n) is 6.49. The van der Waals surface area contributed by atoms with Crippen LogP contribution in [-0.4, -0.2) is 11.5 Å². The SMILES string of the molecule is CCOc1ccc(NCc2cc(F)ccc2[N+](=O)[O-])cc1. The molecule has 0 amide bonds. The zero-order valence-corrected chi connectivity index (χ0v) is 11.5. The van der Waals surface area contributed by atoms with Crippen LogP contribution < -0.4 is 10.1 Å². The molecule has 0 aliphatic rings. The number of nitrogens with one attached hydrogen (secondary N) is 1. The first kappa shape index (κ1) is 14.8. The molecule has 0 fully saturated rings. The van der Waals surface area contributed by atoms with Gasteiger partial charge in [0.2, 0.25) is 0 Å². The number of rotatable bonds is 6. The summed E-state index contributed by atoms with van der Waals surface area (Å²) in [4.78, 5) is 10.4. The number of anilines is 1. The summed E-state index contributed by atoms with van der Waals surface area (Å²) in [6.45, 7) is 2.65. The molecule has 0 heterocycles. The van der Waals surface area contributed by atoms with Gasteiger partial charge in [-0.2, -0.15) is 0 Å². The first-order chi connectivity index (χ1) is 10.1. The van der Waals surface area contributed by atoms with E-state index in [0.717, 1.165) is 17.5 Å². The van der Waals surface area contributed by atoms with Crippen LogP contribution in [0.4, 0.5) is 15.8 Å². The molecular weight excluding hydrogens is 275 g/mol. The van der Waals surface area contributed by atoms with E-state index in [2.05, 4.69) is 5.32 Å². The molecule has 0 unspecified atom stereocenters. The van der Waals surface area contributed by atoms with E-state index in [1.807, 2.05) is 6.92 Å². The zero-order chi connectivity index (χ0) is 15.2. The van der Waals surface area contributed by atoms with Gasteiger partial charge in [0.1, 0.15) is 11.6 Å². The van der Waals surface area contributed by atoms with Gasteiger partial charge in [-0.05, 0) is 43.3 Å². The summed E-state index contributed by atoms with van der Waals surface area (Å²) < 4.78 is 18.5. The Morgan fingerprint density at radius 2 is 1.95 bits per heavy atom. The number of halogens is 1. The summed E-state index contributed by atoms with van der Waals surface area (Å²) in [6.07, 6.45) is 0. The van der Waals surface area contributed by atoms with Crippen LogP contribution >= 0.6 is 0 Å². The van der Waals surface area contributed by atoms with Gasteiger partial charge in [0.25, 0.3) is 5.69 Å². The van der Waals surface area contributed by atoms with Crippen molar-refractivity contribution in [3.8, 4) is 5.75 Å². The lowest BCUT2D eigenvalue weighted by Crippen LogP contribution is -2.03. The molecule has 0 bridgehead atoms. The molecule has 2 aromatic rings. The van der Waals surface area contributed by atoms with Crippen molar-refractivity contribution >= 4 is 11.4 Å². The average Bonchev–Trinajstić information content (AvgIpc) is 2.46. The van der Waals surface area contributed by atoms with Crippen molar-refractivity contribution in [1.29, 1.82) is 0 Å². The molecular formula is C15H15FN2O3. The molecule has 0 atom stereocenters. The molecule has 2 aromatic carbocycles. The summed E-state index contributed by atoms with van der Waals surface area (Å²) in [5.41, 5.74) is 0.973. The number of benzene rings is 2. The molecule has 0 radical (unpaired) electrons. The molecule has 2 rings (SSSR count). The standard InChI is InChI=1S/C15H15FN2O3/c1-2-21-14-6-4-13(5-7-14)17-10-11-9-12(16)3-8-15(11)18(19)20/h3-9,17H,2,10H2,1H3. The topological polar surface area (TPSA) is 64.4 Å². The third-order valence-electron chi connectivity index (χ3n) is 2.89. The Morgan fingerprint density at radius 1 is 1.24 bits per heavy atom. The Labute approximate surface area is 121 Å². The van der Waals surface area contributed by atoms with E-state index < -0.39 is 10.7 Å². The molecule has 6 heteroatoms. The van der Waals surface area contributed by atoms with Crippen molar-refractivity contribution in [1.82, 2.24) is 0 Å². The Kier molecular flexibility index (Phi) is 4.71. The van der Waals surface area contributed by atoms with E-state index in [0.29, 0.717) is 12.2 Å². The van der Waals surface area contributed by atoms with Crippen LogP contribution in [0.5, 0.6) is 5.75 Å². The van der Waals surface area contributed by atoms with E-state index in [9.17, 15) is 14.5 Å². The smallest absolute Gasteiger partial charge is 0.274 e. The van der Waals surface area contributed by atoms with Crippen LogP contribution in [0.2, 0.25) is 0 Å². The molecule has 0 saturated carbocycles. The maximum Gasteiger partial charge on any atom is 0.274 e. The van der Waals surface area contributed by atoms with Crippen LogP contribution in [0.15, 0.2) is 42.5 Å². The van der Waals surface area contributed by atoms with Crippen LogP contribution in [0.25, 0.3) is 0 Å². The molecule has 0 aliphatic heterocycles. The van der Waals surface area contributed by atoms with Crippen LogP contribution in [-0.2, 0) is 6.54 Å². The van der Waals surface area contributed by atoms with Crippen molar-refractivity contribution in [2.24, 2.45) is 0 Å². The molecule has 21 heavy (non-hydrogen) atoms. The maximum absolute atomic E-state index is 13.2. The number of hydrogen-bond donors (Lipinski definition) is 1. The molecule has 0 aromatic heterocycles. The van der Waals surface area contributed by atoms with Gasteiger partial charge in [0, 0.05) is 18.3 Å². The minimum absolute atomic E-state index is 0.102. The monoisotopic (exact) mass is 290 g/mol. The zero-order valence-electron chi connectivity index (χ0n) is 11.5. The number of nitrogens with zero attached hydrogens (tertiary/aromatic N) is 1. The lowest BCUT2D eigenvalue weighted by molar-refractivity contribution is -0.385. The van der Waals surface area contributed by atoms with Crippen molar-refractivity contribution in [3.63, 3.8) is 0 Å². The second kappa shape index (κ2) is 6.69. The second-order valence-corrected chi connectivity index (χ2v) is 4.34. The minimum Gasteiger partial charge on any atom is -0.494 e. The minimum atomic E-state index is -0.519. The highest BCUT2D eigenvalue weighted by Gasteiger charge is 2.13. The molecule has 5 nitrogen and oxygen atoms in total. The van der Waals surface area contributed by atoms with Crippen molar-refractivity contribution in [2.45, 2.75) is 13.5 Å². The van der Waals surface area contributed by atoms with E-state index in [1.165, 1.54) is 12.1 Å². The normalized spacial score (nSPS) is 10.2. The van der Waals surface area contributed by atoms with E-state index in [1.54, 1.807) is 24.3 Å². The Hall–Kier alpha value is -2.63. The summed E-state index contributed by atoms with van der Waals surface area (Å²) in [5.74, 6) is 0.254. The second-order valence-electron chi connectivity index (χ2n) is 4.34. The van der Waals surface area contributed by atoms with Gasteiger partial charge in [0.15, 0.2) is 0 Å². The number of ether oxygens (including phenoxy) is 1. The van der Waals surface area contributed by atoms with Gasteiger partial charge in [0.05, 0.1) is 17.1 Å². The largest absolute Gasteiger partial charge is 0.494 e. The average molecular weight is 290 g/mol. The molecule has 0 saturated heterocycles. The van der Waals surface area contributed by atoms with Crippen molar-refractivity contribution in [3.05, 3.63) is 64.0 Å². The highest BCUT2D eigenvalue weighted by atomic mass is 19.1. The summed E-state index contributed by atoms with van der Waals surface area (Å²) in [5, 5.41) is 13.9. The fourth-order valence-electron chi connectivity index (χ4n) is 1.91. The summed E-state index contributed by atoms with van der Waals surface area (Å²) in [6, 6.07) is 10.6. The number of nitro groups is 1. The van der Waals surface area contributed by atoms with Crippen molar-refractivity contribution in [2.75, 3.05) is 11.9 Å². The lowest BCUT2D eigenvalue weighted by Gasteiger charge is -2.08. The van der Waals surface area contributed by atoms with E-state index in [-0.39, 0.29) is 12.2 Å². The van der Waals surface area contributed by atoms with Crippen LogP contribution in [0, 0.1) is 15.9 Å². The Bertz CT molecular complexity index is 629. The van der Waals surface area contributed by atoms with Crippen molar-refractivity contribution < 1.29 is 14.1 Å². The van der Waals surface area contributed by atoms with Gasteiger partial charge in [-0.1, -0.05) is 0 Å². The lowest BCUT2D eigenvalue weighted by atomic mass is 10.1. The number of hydrogen-bond acceptors (Lipinski definition) is 4. The van der Waals surface area contributed by atoms with Gasteiger partial charge >= 0.3 is 0 Å². The predicted molar refractivity (Wildman–Crippen MR) is 78.0 cm³/mol. The van der Waals surface area contributed by atoms with Gasteiger partial charge < -0.3 is 10.1 Å². The fraction of sp³-hybridized carbons (Fsp3) is 0.200. The first-order valence-corrected chi connectivity index (χ1v) is 6.49. The Morgan fingerprint density at radius 3 is 2.57 bits per heavy atom. The highest BCUT2D eigenvalue weighted by Crippen LogP contribution is 2.22. The quantitative estimate of drug-likeness (QED) is 0.650. The van der Waals surface area contributed by atoms with Gasteiger partial charge in [-0.15, -0.1) is 0 Å². The predicted octanol–water partition coefficient (Wildman–Crippen LogP) is 3.74. The molecule has 110 valence electrons. The molecule has 0 spiro atoms. The fourth-order valence-corrected chi connectivity index (χ4v) is 1.91. The highest BCUT2D eigenvalue weighted by molar-refractivity contribution is 5.49. The molecule has 0 aliphatic carbocycles. The van der Waals surface area contributed by atoms with Crippen LogP contribution in [0.3, 0.4) is 0 Å². The maximum atomic E-state index is 13.2. The third kappa shape index (κ3) is 3.92. The van der Waals surface area contributed by atoms with E-state index in [4.69, 9.17) is 4.74 Å². The van der Waals surface area contributed by atoms with Crippen LogP contribution in [0.1, 0.15) is 12.5 Å². The Balaban J connectivity index is 2.08.